The van der Waals surface area contributed by atoms with E-state index in [1.54, 1.807) is 0 Å². The Morgan fingerprint density at radius 1 is 0.964 bits per heavy atom. The lowest BCUT2D eigenvalue weighted by molar-refractivity contribution is 0.0466. The Labute approximate surface area is 172 Å². The van der Waals surface area contributed by atoms with Gasteiger partial charge in [0.15, 0.2) is 8.32 Å². The van der Waals surface area contributed by atoms with Gasteiger partial charge in [-0.05, 0) is 46.8 Å². The number of hydrogen-bond acceptors (Lipinski definition) is 2. The molecule has 4 rings (SSSR count). The molecule has 2 nitrogen and oxygen atoms in total. The summed E-state index contributed by atoms with van der Waals surface area (Å²) in [5, 5.41) is 0.251. The average Bonchev–Trinajstić information content (AvgIpc) is 2.65. The van der Waals surface area contributed by atoms with E-state index in [-0.39, 0.29) is 5.04 Å². The molecule has 0 aliphatic carbocycles. The Bertz CT molecular complexity index is 854. The molecule has 0 saturated heterocycles. The van der Waals surface area contributed by atoms with Crippen LogP contribution in [0.1, 0.15) is 61.9 Å². The van der Waals surface area contributed by atoms with E-state index in [1.807, 2.05) is 0 Å². The molecule has 0 spiro atoms. The highest BCUT2D eigenvalue weighted by Crippen LogP contribution is 2.47. The van der Waals surface area contributed by atoms with E-state index >= 15 is 0 Å². The fourth-order valence-electron chi connectivity index (χ4n) is 4.73. The smallest absolute Gasteiger partial charge is 0.192 e. The van der Waals surface area contributed by atoms with Crippen LogP contribution in [0.2, 0.25) is 18.1 Å². The van der Waals surface area contributed by atoms with E-state index < -0.39 is 8.32 Å². The van der Waals surface area contributed by atoms with Crippen molar-refractivity contribution in [2.75, 3.05) is 6.61 Å². The van der Waals surface area contributed by atoms with Crippen molar-refractivity contribution in [3.63, 3.8) is 0 Å². The highest BCUT2D eigenvalue weighted by atomic mass is 28.4. The molecule has 0 bridgehead atoms. The summed E-state index contributed by atoms with van der Waals surface area (Å²) >= 11 is 0. The summed E-state index contributed by atoms with van der Waals surface area (Å²) < 4.78 is 6.72. The van der Waals surface area contributed by atoms with Gasteiger partial charge in [0.1, 0.15) is 0 Å². The van der Waals surface area contributed by atoms with E-state index in [0.717, 1.165) is 19.6 Å². The molecule has 2 aromatic carbocycles. The number of benzene rings is 2. The first-order valence-electron chi connectivity index (χ1n) is 10.7. The highest BCUT2D eigenvalue weighted by Gasteiger charge is 2.43. The van der Waals surface area contributed by atoms with Crippen LogP contribution in [0, 0.1) is 0 Å². The van der Waals surface area contributed by atoms with Crippen LogP contribution in [0.15, 0.2) is 48.5 Å². The van der Waals surface area contributed by atoms with Gasteiger partial charge in [-0.1, -0.05) is 76.2 Å². The van der Waals surface area contributed by atoms with Crippen molar-refractivity contribution >= 4 is 8.32 Å². The molecule has 0 saturated carbocycles. The molecule has 2 aromatic rings. The minimum atomic E-state index is -1.75. The number of hydrogen-bond donors (Lipinski definition) is 0. The van der Waals surface area contributed by atoms with Gasteiger partial charge in [-0.15, -0.1) is 0 Å². The van der Waals surface area contributed by atoms with Gasteiger partial charge in [-0.2, -0.15) is 0 Å². The molecular formula is C25H35NOSi. The van der Waals surface area contributed by atoms with Crippen LogP contribution in [0.25, 0.3) is 0 Å². The second-order valence-corrected chi connectivity index (χ2v) is 15.0. The standard InChI is InChI=1S/C25H35NOSi/c1-18-22-13-9-8-12-20(22)16-26-21(17-27-28(5,6)25(2,3)4)15-19-11-7-10-14-23(19)24(18)26/h7-14,18,21,24H,15-17H2,1-6H3/t18-,21+,24+/m1/s1. The molecule has 2 aliphatic rings. The number of nitrogens with zero attached hydrogens (tertiary/aromatic N) is 1. The molecule has 2 heterocycles. The number of fused-ring (bicyclic) bond motifs is 4. The van der Waals surface area contributed by atoms with Gasteiger partial charge in [0, 0.05) is 31.2 Å². The molecule has 2 aliphatic heterocycles. The Morgan fingerprint density at radius 3 is 2.25 bits per heavy atom. The van der Waals surface area contributed by atoms with Gasteiger partial charge in [0.2, 0.25) is 0 Å². The van der Waals surface area contributed by atoms with Crippen molar-refractivity contribution in [1.29, 1.82) is 0 Å². The summed E-state index contributed by atoms with van der Waals surface area (Å²) in [6.07, 6.45) is 1.09. The zero-order valence-electron chi connectivity index (χ0n) is 18.3. The molecule has 3 heteroatoms. The molecular weight excluding hydrogens is 358 g/mol. The Hall–Kier alpha value is -1.42. The Balaban J connectivity index is 1.68. The third-order valence-corrected chi connectivity index (χ3v) is 12.0. The lowest BCUT2D eigenvalue weighted by Crippen LogP contribution is -2.52. The van der Waals surface area contributed by atoms with E-state index in [4.69, 9.17) is 4.43 Å². The SMILES string of the molecule is C[C@@H]1c2ccccc2CN2[C@H](CO[Si](C)(C)C(C)(C)C)Cc3ccccc3[C@H]12. The largest absolute Gasteiger partial charge is 0.415 e. The normalized spacial score (nSPS) is 25.0. The second kappa shape index (κ2) is 7.12. The summed E-state index contributed by atoms with van der Waals surface area (Å²) in [6, 6.07) is 19.0. The molecule has 3 atom stereocenters. The van der Waals surface area contributed by atoms with Crippen LogP contribution in [0.5, 0.6) is 0 Å². The van der Waals surface area contributed by atoms with E-state index in [0.29, 0.717) is 18.0 Å². The van der Waals surface area contributed by atoms with Gasteiger partial charge in [-0.3, -0.25) is 4.90 Å². The van der Waals surface area contributed by atoms with Crippen LogP contribution in [0.3, 0.4) is 0 Å². The first kappa shape index (κ1) is 19.9. The van der Waals surface area contributed by atoms with Crippen LogP contribution in [0.4, 0.5) is 0 Å². The van der Waals surface area contributed by atoms with Gasteiger partial charge < -0.3 is 4.43 Å². The van der Waals surface area contributed by atoms with Crippen molar-refractivity contribution < 1.29 is 4.43 Å². The molecule has 0 N–H and O–H groups in total. The monoisotopic (exact) mass is 393 g/mol. The van der Waals surface area contributed by atoms with Crippen LogP contribution in [-0.4, -0.2) is 25.9 Å². The molecule has 28 heavy (non-hydrogen) atoms. The molecule has 0 fully saturated rings. The predicted molar refractivity (Wildman–Crippen MR) is 120 cm³/mol. The third kappa shape index (κ3) is 3.38. The highest BCUT2D eigenvalue weighted by molar-refractivity contribution is 6.74. The van der Waals surface area contributed by atoms with Gasteiger partial charge in [0.05, 0.1) is 0 Å². The van der Waals surface area contributed by atoms with Crippen molar-refractivity contribution in [2.45, 2.75) is 76.8 Å². The zero-order valence-corrected chi connectivity index (χ0v) is 19.3. The van der Waals surface area contributed by atoms with E-state index in [1.165, 1.54) is 22.3 Å². The topological polar surface area (TPSA) is 12.5 Å². The maximum atomic E-state index is 6.72. The van der Waals surface area contributed by atoms with Gasteiger partial charge in [0.25, 0.3) is 0 Å². The van der Waals surface area contributed by atoms with Gasteiger partial charge >= 0.3 is 0 Å². The fourth-order valence-corrected chi connectivity index (χ4v) is 5.78. The summed E-state index contributed by atoms with van der Waals surface area (Å²) in [4.78, 5) is 2.74. The summed E-state index contributed by atoms with van der Waals surface area (Å²) in [5.41, 5.74) is 6.04. The van der Waals surface area contributed by atoms with E-state index in [2.05, 4.69) is 94.2 Å². The minimum Gasteiger partial charge on any atom is -0.415 e. The van der Waals surface area contributed by atoms with Crippen LogP contribution >= 0.6 is 0 Å². The van der Waals surface area contributed by atoms with Gasteiger partial charge in [-0.25, -0.2) is 0 Å². The summed E-state index contributed by atoms with van der Waals surface area (Å²) in [7, 11) is -1.75. The summed E-state index contributed by atoms with van der Waals surface area (Å²) in [5.74, 6) is 0.502. The van der Waals surface area contributed by atoms with Crippen LogP contribution in [-0.2, 0) is 17.4 Å². The maximum absolute atomic E-state index is 6.72. The van der Waals surface area contributed by atoms with E-state index in [9.17, 15) is 0 Å². The Morgan fingerprint density at radius 2 is 1.57 bits per heavy atom. The first-order valence-corrected chi connectivity index (χ1v) is 13.7. The molecule has 0 radical (unpaired) electrons. The zero-order chi connectivity index (χ0) is 20.1. The molecule has 0 unspecified atom stereocenters. The van der Waals surface area contributed by atoms with Crippen molar-refractivity contribution in [1.82, 2.24) is 4.90 Å². The average molecular weight is 394 g/mol. The van der Waals surface area contributed by atoms with Crippen LogP contribution < -0.4 is 0 Å². The number of rotatable bonds is 3. The second-order valence-electron chi connectivity index (χ2n) is 10.2. The summed E-state index contributed by atoms with van der Waals surface area (Å²) in [6.45, 7) is 16.0. The predicted octanol–water partition coefficient (Wildman–Crippen LogP) is 6.29. The fraction of sp³-hybridized carbons (Fsp3) is 0.520. The maximum Gasteiger partial charge on any atom is 0.192 e. The van der Waals surface area contributed by atoms with Crippen molar-refractivity contribution in [2.24, 2.45) is 0 Å². The molecule has 150 valence electrons. The van der Waals surface area contributed by atoms with Crippen molar-refractivity contribution in [3.05, 3.63) is 70.8 Å². The Kier molecular flexibility index (Phi) is 5.05. The third-order valence-electron chi connectivity index (χ3n) is 7.47. The lowest BCUT2D eigenvalue weighted by Gasteiger charge is -2.50. The molecule has 0 aromatic heterocycles. The lowest BCUT2D eigenvalue weighted by atomic mass is 9.76. The first-order chi connectivity index (χ1) is 13.2. The quantitative estimate of drug-likeness (QED) is 0.568. The van der Waals surface area contributed by atoms with Crippen molar-refractivity contribution in [3.8, 4) is 0 Å². The molecule has 0 amide bonds. The minimum absolute atomic E-state index is 0.251.